The number of carbonyl (C=O) groups is 1. The molecule has 1 atom stereocenters. The minimum atomic E-state index is -0.542. The molecule has 1 aliphatic rings. The zero-order chi connectivity index (χ0) is 11.8. The molecule has 1 aromatic carbocycles. The molecule has 1 unspecified atom stereocenters. The minimum Gasteiger partial charge on any atom is -0.361 e. The van der Waals surface area contributed by atoms with Crippen molar-refractivity contribution < 1.29 is 9.53 Å². The van der Waals surface area contributed by atoms with Crippen molar-refractivity contribution in [3.8, 4) is 0 Å². The van der Waals surface area contributed by atoms with Crippen molar-refractivity contribution >= 4 is 16.8 Å². The molecule has 2 N–H and O–H groups in total. The summed E-state index contributed by atoms with van der Waals surface area (Å²) in [6.07, 6.45) is 1.33. The number of rotatable bonds is 1. The van der Waals surface area contributed by atoms with Crippen LogP contribution in [0.1, 0.15) is 11.7 Å². The maximum Gasteiger partial charge on any atom is 0.257 e. The topological polar surface area (TPSA) is 54.1 Å². The predicted molar refractivity (Wildman–Crippen MR) is 64.3 cm³/mol. The van der Waals surface area contributed by atoms with Gasteiger partial charge in [0.2, 0.25) is 0 Å². The van der Waals surface area contributed by atoms with Gasteiger partial charge >= 0.3 is 0 Å². The van der Waals surface area contributed by atoms with Gasteiger partial charge in [-0.05, 0) is 29.1 Å². The van der Waals surface area contributed by atoms with E-state index >= 15 is 0 Å². The number of hydrogen-bond acceptors (Lipinski definition) is 2. The number of morpholine rings is 1. The number of aromatic nitrogens is 1. The SMILES string of the molecule is C=C1COC(c2ccc3[nH]ccc3c2)C(=O)N1. The molecule has 1 aliphatic heterocycles. The lowest BCUT2D eigenvalue weighted by Crippen LogP contribution is -2.37. The Kier molecular flexibility index (Phi) is 2.23. The zero-order valence-electron chi connectivity index (χ0n) is 9.19. The third kappa shape index (κ3) is 1.72. The van der Waals surface area contributed by atoms with Gasteiger partial charge in [-0.15, -0.1) is 0 Å². The zero-order valence-corrected chi connectivity index (χ0v) is 9.19. The number of hydrogen-bond donors (Lipinski definition) is 2. The molecule has 17 heavy (non-hydrogen) atoms. The highest BCUT2D eigenvalue weighted by Gasteiger charge is 2.26. The van der Waals surface area contributed by atoms with Crippen molar-refractivity contribution in [1.29, 1.82) is 0 Å². The molecule has 4 heteroatoms. The van der Waals surface area contributed by atoms with E-state index in [0.29, 0.717) is 12.3 Å². The minimum absolute atomic E-state index is 0.156. The molecule has 4 nitrogen and oxygen atoms in total. The van der Waals surface area contributed by atoms with E-state index in [1.54, 1.807) is 0 Å². The molecule has 3 rings (SSSR count). The fraction of sp³-hybridized carbons (Fsp3) is 0.154. The first-order valence-electron chi connectivity index (χ1n) is 5.41. The molecule has 2 aromatic rings. The van der Waals surface area contributed by atoms with Gasteiger partial charge in [0.05, 0.1) is 6.61 Å². The van der Waals surface area contributed by atoms with Crippen molar-refractivity contribution in [2.45, 2.75) is 6.10 Å². The van der Waals surface area contributed by atoms with E-state index in [4.69, 9.17) is 4.74 Å². The number of amides is 1. The quantitative estimate of drug-likeness (QED) is 0.782. The smallest absolute Gasteiger partial charge is 0.257 e. The molecule has 0 radical (unpaired) electrons. The lowest BCUT2D eigenvalue weighted by Gasteiger charge is -2.24. The molecule has 86 valence electrons. The van der Waals surface area contributed by atoms with E-state index in [0.717, 1.165) is 16.5 Å². The van der Waals surface area contributed by atoms with E-state index in [1.165, 1.54) is 0 Å². The van der Waals surface area contributed by atoms with Gasteiger partial charge in [-0.3, -0.25) is 4.79 Å². The van der Waals surface area contributed by atoms with Crippen LogP contribution in [0.5, 0.6) is 0 Å². The number of fused-ring (bicyclic) bond motifs is 1. The van der Waals surface area contributed by atoms with Crippen molar-refractivity contribution in [2.24, 2.45) is 0 Å². The van der Waals surface area contributed by atoms with Gasteiger partial charge in [-0.2, -0.15) is 0 Å². The number of benzene rings is 1. The predicted octanol–water partition coefficient (Wildman–Crippen LogP) is 1.87. The molecule has 0 aliphatic carbocycles. The van der Waals surface area contributed by atoms with Crippen LogP contribution in [-0.2, 0) is 9.53 Å². The third-order valence-corrected chi connectivity index (χ3v) is 2.84. The number of H-pyrrole nitrogens is 1. The molecule has 2 heterocycles. The van der Waals surface area contributed by atoms with E-state index in [1.807, 2.05) is 30.5 Å². The normalized spacial score (nSPS) is 20.6. The lowest BCUT2D eigenvalue weighted by molar-refractivity contribution is -0.135. The van der Waals surface area contributed by atoms with Gasteiger partial charge in [0, 0.05) is 17.4 Å². The van der Waals surface area contributed by atoms with Gasteiger partial charge in [-0.1, -0.05) is 12.6 Å². The standard InChI is InChI=1S/C13H12N2O2/c1-8-7-17-12(13(16)15-8)10-2-3-11-9(6-10)4-5-14-11/h2-6,12,14H,1,7H2,(H,15,16). The maximum absolute atomic E-state index is 11.8. The molecule has 1 fully saturated rings. The lowest BCUT2D eigenvalue weighted by atomic mass is 10.1. The van der Waals surface area contributed by atoms with E-state index in [2.05, 4.69) is 16.9 Å². The van der Waals surface area contributed by atoms with Crippen LogP contribution in [0.4, 0.5) is 0 Å². The Balaban J connectivity index is 1.97. The molecule has 1 amide bonds. The van der Waals surface area contributed by atoms with Gasteiger partial charge in [0.15, 0.2) is 6.10 Å². The first-order valence-corrected chi connectivity index (χ1v) is 5.41. The summed E-state index contributed by atoms with van der Waals surface area (Å²) < 4.78 is 5.49. The molecular formula is C13H12N2O2. The van der Waals surface area contributed by atoms with Crippen molar-refractivity contribution in [1.82, 2.24) is 10.3 Å². The maximum atomic E-state index is 11.8. The third-order valence-electron chi connectivity index (χ3n) is 2.84. The van der Waals surface area contributed by atoms with Gasteiger partial charge in [0.25, 0.3) is 5.91 Å². The van der Waals surface area contributed by atoms with Gasteiger partial charge in [0.1, 0.15) is 0 Å². The highest BCUT2D eigenvalue weighted by molar-refractivity contribution is 5.87. The number of carbonyl (C=O) groups excluding carboxylic acids is 1. The van der Waals surface area contributed by atoms with Crippen LogP contribution in [0.15, 0.2) is 42.7 Å². The van der Waals surface area contributed by atoms with Gasteiger partial charge < -0.3 is 15.0 Å². The van der Waals surface area contributed by atoms with Crippen LogP contribution in [0.3, 0.4) is 0 Å². The van der Waals surface area contributed by atoms with Crippen LogP contribution in [0.2, 0.25) is 0 Å². The van der Waals surface area contributed by atoms with Crippen LogP contribution in [0.25, 0.3) is 10.9 Å². The van der Waals surface area contributed by atoms with Gasteiger partial charge in [-0.25, -0.2) is 0 Å². The largest absolute Gasteiger partial charge is 0.361 e. The summed E-state index contributed by atoms with van der Waals surface area (Å²) in [6.45, 7) is 4.04. The number of nitrogens with one attached hydrogen (secondary N) is 2. The number of aromatic amines is 1. The summed E-state index contributed by atoms with van der Waals surface area (Å²) in [5, 5.41) is 3.78. The first kappa shape index (κ1) is 10.1. The number of ether oxygens (including phenoxy) is 1. The fourth-order valence-corrected chi connectivity index (χ4v) is 2.02. The molecule has 0 saturated carbocycles. The Hall–Kier alpha value is -2.07. The Morgan fingerprint density at radius 2 is 2.24 bits per heavy atom. The van der Waals surface area contributed by atoms with Crippen molar-refractivity contribution in [3.05, 3.63) is 48.3 Å². The summed E-state index contributed by atoms with van der Waals surface area (Å²) in [5.41, 5.74) is 2.52. The Labute approximate surface area is 98.3 Å². The molecule has 0 bridgehead atoms. The van der Waals surface area contributed by atoms with E-state index in [9.17, 15) is 4.79 Å². The summed E-state index contributed by atoms with van der Waals surface area (Å²) >= 11 is 0. The molecule has 0 spiro atoms. The van der Waals surface area contributed by atoms with Crippen LogP contribution < -0.4 is 5.32 Å². The van der Waals surface area contributed by atoms with E-state index in [-0.39, 0.29) is 5.91 Å². The molecule has 1 saturated heterocycles. The highest BCUT2D eigenvalue weighted by atomic mass is 16.5. The average molecular weight is 228 g/mol. The second kappa shape index (κ2) is 3.75. The monoisotopic (exact) mass is 228 g/mol. The van der Waals surface area contributed by atoms with Crippen LogP contribution >= 0.6 is 0 Å². The van der Waals surface area contributed by atoms with Crippen molar-refractivity contribution in [2.75, 3.05) is 6.61 Å². The fourth-order valence-electron chi connectivity index (χ4n) is 2.02. The summed E-state index contributed by atoms with van der Waals surface area (Å²) in [6, 6.07) is 7.78. The van der Waals surface area contributed by atoms with Crippen LogP contribution in [0, 0.1) is 0 Å². The summed E-state index contributed by atoms with van der Waals surface area (Å²) in [5.74, 6) is -0.156. The first-order chi connectivity index (χ1) is 8.24. The second-order valence-electron chi connectivity index (χ2n) is 4.11. The summed E-state index contributed by atoms with van der Waals surface area (Å²) in [7, 11) is 0. The molecular weight excluding hydrogens is 216 g/mol. The van der Waals surface area contributed by atoms with Crippen LogP contribution in [-0.4, -0.2) is 17.5 Å². The Morgan fingerprint density at radius 1 is 1.35 bits per heavy atom. The highest BCUT2D eigenvalue weighted by Crippen LogP contribution is 2.25. The van der Waals surface area contributed by atoms with E-state index < -0.39 is 6.10 Å². The molecule has 1 aromatic heterocycles. The Bertz CT molecular complexity index is 600. The average Bonchev–Trinajstić information content (AvgIpc) is 2.75. The Morgan fingerprint density at radius 3 is 3.06 bits per heavy atom. The van der Waals surface area contributed by atoms with Crippen molar-refractivity contribution in [3.63, 3.8) is 0 Å². The second-order valence-corrected chi connectivity index (χ2v) is 4.11. The summed E-state index contributed by atoms with van der Waals surface area (Å²) in [4.78, 5) is 14.9.